The quantitative estimate of drug-likeness (QED) is 0.713. The fourth-order valence-electron chi connectivity index (χ4n) is 1.58. The Kier molecular flexibility index (Phi) is 3.33. The monoisotopic (exact) mass is 246 g/mol. The van der Waals surface area contributed by atoms with Crippen molar-refractivity contribution in [2.45, 2.75) is 6.92 Å². The first kappa shape index (κ1) is 11.9. The summed E-state index contributed by atoms with van der Waals surface area (Å²) in [4.78, 5) is 17.8. The zero-order valence-electron chi connectivity index (χ0n) is 10.1. The minimum atomic E-state index is -0.0464. The van der Waals surface area contributed by atoms with Crippen molar-refractivity contribution in [3.8, 4) is 0 Å². The van der Waals surface area contributed by atoms with Gasteiger partial charge in [0.2, 0.25) is 0 Å². The van der Waals surface area contributed by atoms with Crippen LogP contribution in [0.5, 0.6) is 0 Å². The molecular formula is C13H14N2OS. The Morgan fingerprint density at radius 1 is 1.29 bits per heavy atom. The van der Waals surface area contributed by atoms with Gasteiger partial charge in [-0.1, -0.05) is 41.6 Å². The van der Waals surface area contributed by atoms with Crippen LogP contribution in [0.15, 0.2) is 35.0 Å². The molecule has 1 aliphatic heterocycles. The second kappa shape index (κ2) is 4.75. The van der Waals surface area contributed by atoms with Crippen LogP contribution in [0.2, 0.25) is 0 Å². The molecule has 1 amide bonds. The van der Waals surface area contributed by atoms with Crippen molar-refractivity contribution in [1.82, 2.24) is 4.90 Å². The SMILES string of the molecule is CSC1=N/C(=C\c2ccc(C)cc2)C(=O)N1C. The first-order chi connectivity index (χ1) is 8.11. The molecule has 0 spiro atoms. The summed E-state index contributed by atoms with van der Waals surface area (Å²) in [6.07, 6.45) is 3.74. The van der Waals surface area contributed by atoms with E-state index in [4.69, 9.17) is 0 Å². The Morgan fingerprint density at radius 2 is 1.94 bits per heavy atom. The predicted molar refractivity (Wildman–Crippen MR) is 72.9 cm³/mol. The first-order valence-corrected chi connectivity index (χ1v) is 6.53. The summed E-state index contributed by atoms with van der Waals surface area (Å²) in [7, 11) is 1.74. The van der Waals surface area contributed by atoms with Gasteiger partial charge in [0.1, 0.15) is 5.70 Å². The van der Waals surface area contributed by atoms with Crippen LogP contribution in [0.1, 0.15) is 11.1 Å². The topological polar surface area (TPSA) is 32.7 Å². The maximum Gasteiger partial charge on any atom is 0.278 e. The van der Waals surface area contributed by atoms with E-state index in [0.29, 0.717) is 5.70 Å². The van der Waals surface area contributed by atoms with Gasteiger partial charge in [-0.3, -0.25) is 9.69 Å². The van der Waals surface area contributed by atoms with Gasteiger partial charge in [0.15, 0.2) is 5.17 Å². The first-order valence-electron chi connectivity index (χ1n) is 5.31. The molecule has 1 aromatic carbocycles. The van der Waals surface area contributed by atoms with Crippen LogP contribution in [0, 0.1) is 6.92 Å². The molecule has 0 atom stereocenters. The van der Waals surface area contributed by atoms with Crippen molar-refractivity contribution >= 4 is 28.9 Å². The van der Waals surface area contributed by atoms with Crippen LogP contribution in [-0.4, -0.2) is 29.3 Å². The highest BCUT2D eigenvalue weighted by atomic mass is 32.2. The lowest BCUT2D eigenvalue weighted by molar-refractivity contribution is -0.121. The third-order valence-corrected chi connectivity index (χ3v) is 3.32. The van der Waals surface area contributed by atoms with E-state index in [1.807, 2.05) is 43.5 Å². The third-order valence-electron chi connectivity index (χ3n) is 2.59. The van der Waals surface area contributed by atoms with Crippen LogP contribution in [-0.2, 0) is 4.79 Å². The molecule has 1 aromatic rings. The van der Waals surface area contributed by atoms with E-state index in [1.54, 1.807) is 11.9 Å². The van der Waals surface area contributed by atoms with Crippen molar-refractivity contribution in [3.63, 3.8) is 0 Å². The van der Waals surface area contributed by atoms with Gasteiger partial charge in [0, 0.05) is 7.05 Å². The van der Waals surface area contributed by atoms with Gasteiger partial charge in [0.25, 0.3) is 5.91 Å². The number of carbonyl (C=O) groups is 1. The number of aliphatic imine (C=N–C) groups is 1. The second-order valence-corrected chi connectivity index (χ2v) is 4.68. The van der Waals surface area contributed by atoms with E-state index in [-0.39, 0.29) is 5.91 Å². The molecule has 0 saturated heterocycles. The van der Waals surface area contributed by atoms with Gasteiger partial charge in [-0.2, -0.15) is 0 Å². The van der Waals surface area contributed by atoms with Crippen LogP contribution in [0.25, 0.3) is 6.08 Å². The van der Waals surface area contributed by atoms with Gasteiger partial charge >= 0.3 is 0 Å². The van der Waals surface area contributed by atoms with Crippen LogP contribution in [0.4, 0.5) is 0 Å². The van der Waals surface area contributed by atoms with E-state index in [0.717, 1.165) is 10.7 Å². The molecule has 0 bridgehead atoms. The number of hydrogen-bond donors (Lipinski definition) is 0. The van der Waals surface area contributed by atoms with E-state index in [2.05, 4.69) is 4.99 Å². The number of amidine groups is 1. The lowest BCUT2D eigenvalue weighted by atomic mass is 10.1. The summed E-state index contributed by atoms with van der Waals surface area (Å²) in [5.41, 5.74) is 2.70. The highest BCUT2D eigenvalue weighted by Gasteiger charge is 2.25. The molecule has 0 aliphatic carbocycles. The van der Waals surface area contributed by atoms with Gasteiger partial charge in [-0.05, 0) is 24.8 Å². The molecule has 0 saturated carbocycles. The molecule has 1 heterocycles. The highest BCUT2D eigenvalue weighted by molar-refractivity contribution is 8.13. The number of hydrogen-bond acceptors (Lipinski definition) is 3. The minimum Gasteiger partial charge on any atom is -0.289 e. The number of thioether (sulfide) groups is 1. The molecule has 0 aromatic heterocycles. The fraction of sp³-hybridized carbons (Fsp3) is 0.231. The van der Waals surface area contributed by atoms with Gasteiger partial charge < -0.3 is 0 Å². The van der Waals surface area contributed by atoms with Gasteiger partial charge in [0.05, 0.1) is 0 Å². The lowest BCUT2D eigenvalue weighted by Gasteiger charge is -2.07. The summed E-state index contributed by atoms with van der Waals surface area (Å²) in [6, 6.07) is 8.02. The average molecular weight is 246 g/mol. The molecule has 3 nitrogen and oxygen atoms in total. The van der Waals surface area contributed by atoms with Crippen LogP contribution >= 0.6 is 11.8 Å². The lowest BCUT2D eigenvalue weighted by Crippen LogP contribution is -2.25. The number of aryl methyl sites for hydroxylation is 1. The van der Waals surface area contributed by atoms with Gasteiger partial charge in [-0.15, -0.1) is 0 Å². The molecule has 0 fully saturated rings. The highest BCUT2D eigenvalue weighted by Crippen LogP contribution is 2.21. The van der Waals surface area contributed by atoms with Crippen molar-refractivity contribution in [2.24, 2.45) is 4.99 Å². The van der Waals surface area contributed by atoms with Crippen molar-refractivity contribution < 1.29 is 4.79 Å². The molecule has 1 aliphatic rings. The molecule has 0 radical (unpaired) electrons. The molecule has 17 heavy (non-hydrogen) atoms. The standard InChI is InChI=1S/C13H14N2OS/c1-9-4-6-10(7-5-9)8-11-12(16)15(2)13(14-11)17-3/h4-8H,1-3H3/b11-8-. The molecular weight excluding hydrogens is 232 g/mol. The molecule has 88 valence electrons. The Bertz CT molecular complexity index is 503. The largest absolute Gasteiger partial charge is 0.289 e. The number of nitrogens with zero attached hydrogens (tertiary/aromatic N) is 2. The summed E-state index contributed by atoms with van der Waals surface area (Å²) < 4.78 is 0. The molecule has 0 N–H and O–H groups in total. The normalized spacial score (nSPS) is 17.8. The average Bonchev–Trinajstić information content (AvgIpc) is 2.60. The fourth-order valence-corrected chi connectivity index (χ4v) is 2.13. The minimum absolute atomic E-state index is 0.0464. The Balaban J connectivity index is 2.32. The number of carbonyl (C=O) groups excluding carboxylic acids is 1. The predicted octanol–water partition coefficient (Wildman–Crippen LogP) is 2.53. The Hall–Kier alpha value is -1.55. The van der Waals surface area contributed by atoms with Crippen molar-refractivity contribution in [1.29, 1.82) is 0 Å². The van der Waals surface area contributed by atoms with Crippen LogP contribution in [0.3, 0.4) is 0 Å². The summed E-state index contributed by atoms with van der Waals surface area (Å²) in [5, 5.41) is 0.744. The van der Waals surface area contributed by atoms with Crippen molar-refractivity contribution in [3.05, 3.63) is 41.1 Å². The van der Waals surface area contributed by atoms with Crippen molar-refractivity contribution in [2.75, 3.05) is 13.3 Å². The Morgan fingerprint density at radius 3 is 2.47 bits per heavy atom. The smallest absolute Gasteiger partial charge is 0.278 e. The number of benzene rings is 1. The zero-order chi connectivity index (χ0) is 12.4. The van der Waals surface area contributed by atoms with E-state index in [1.165, 1.54) is 17.3 Å². The molecule has 2 rings (SSSR count). The van der Waals surface area contributed by atoms with E-state index in [9.17, 15) is 4.79 Å². The third kappa shape index (κ3) is 2.42. The molecule has 4 heteroatoms. The summed E-state index contributed by atoms with van der Waals surface area (Å²) in [6.45, 7) is 2.04. The summed E-state index contributed by atoms with van der Waals surface area (Å²) >= 11 is 1.48. The van der Waals surface area contributed by atoms with Gasteiger partial charge in [-0.25, -0.2) is 4.99 Å². The second-order valence-electron chi connectivity index (χ2n) is 3.90. The number of likely N-dealkylation sites (N-methyl/N-ethyl adjacent to an activating group) is 1. The van der Waals surface area contributed by atoms with E-state index >= 15 is 0 Å². The number of rotatable bonds is 1. The maximum absolute atomic E-state index is 11.9. The van der Waals surface area contributed by atoms with E-state index < -0.39 is 0 Å². The molecule has 0 unspecified atom stereocenters. The van der Waals surface area contributed by atoms with Crippen LogP contribution < -0.4 is 0 Å². The number of amides is 1. The summed E-state index contributed by atoms with van der Waals surface area (Å²) in [5.74, 6) is -0.0464. The zero-order valence-corrected chi connectivity index (χ0v) is 10.9. The Labute approximate surface area is 105 Å². The maximum atomic E-state index is 11.9.